The first-order chi connectivity index (χ1) is 18.2. The van der Waals surface area contributed by atoms with Crippen molar-refractivity contribution in [1.29, 1.82) is 0 Å². The molecule has 37 heavy (non-hydrogen) atoms. The molecule has 0 saturated carbocycles. The van der Waals surface area contributed by atoms with Crippen molar-refractivity contribution in [2.75, 3.05) is 18.0 Å². The van der Waals surface area contributed by atoms with Gasteiger partial charge in [0.2, 0.25) is 0 Å². The average Bonchev–Trinajstić information content (AvgIpc) is 3.60. The molecule has 0 N–H and O–H groups in total. The van der Waals surface area contributed by atoms with Crippen LogP contribution in [0.2, 0.25) is 0 Å². The predicted molar refractivity (Wildman–Crippen MR) is 169 cm³/mol. The van der Waals surface area contributed by atoms with Gasteiger partial charge >= 0.3 is 0 Å². The number of hydrogen-bond acceptors (Lipinski definition) is 4. The normalized spacial score (nSPS) is 11.8. The zero-order valence-electron chi connectivity index (χ0n) is 21.8. The van der Waals surface area contributed by atoms with Gasteiger partial charge < -0.3 is 4.90 Å². The van der Waals surface area contributed by atoms with E-state index >= 15 is 0 Å². The van der Waals surface area contributed by atoms with E-state index in [1.54, 1.807) is 11.3 Å². The number of nitrogens with zero attached hydrogens (tertiary/aromatic N) is 2. The molecular formula is C33H36N2S2. The molecule has 2 aromatic carbocycles. The van der Waals surface area contributed by atoms with Crippen LogP contribution in [-0.2, 0) is 0 Å². The number of aliphatic imine (C=N–C) groups is 1. The van der Waals surface area contributed by atoms with Gasteiger partial charge in [0.25, 0.3) is 0 Å². The first-order valence-corrected chi connectivity index (χ1v) is 14.9. The number of anilines is 1. The maximum absolute atomic E-state index is 4.55. The summed E-state index contributed by atoms with van der Waals surface area (Å²) in [7, 11) is 0. The molecule has 4 aromatic rings. The summed E-state index contributed by atoms with van der Waals surface area (Å²) in [5.41, 5.74) is 3.55. The summed E-state index contributed by atoms with van der Waals surface area (Å²) in [6, 6.07) is 27.7. The van der Waals surface area contributed by atoms with E-state index in [-0.39, 0.29) is 0 Å². The molecule has 0 saturated heterocycles. The van der Waals surface area contributed by atoms with Gasteiger partial charge in [0.05, 0.1) is 5.69 Å². The highest BCUT2D eigenvalue weighted by atomic mass is 32.1. The summed E-state index contributed by atoms with van der Waals surface area (Å²) in [6.07, 6.45) is 15.7. The minimum atomic E-state index is 0.976. The highest BCUT2D eigenvalue weighted by molar-refractivity contribution is 7.15. The highest BCUT2D eigenvalue weighted by Gasteiger charge is 2.05. The minimum absolute atomic E-state index is 0.976. The molecule has 0 bridgehead atoms. The smallest absolute Gasteiger partial charge is 0.0630 e. The van der Waals surface area contributed by atoms with Gasteiger partial charge in [-0.05, 0) is 85.2 Å². The molecule has 2 heterocycles. The van der Waals surface area contributed by atoms with Crippen molar-refractivity contribution in [2.24, 2.45) is 4.99 Å². The molecular weight excluding hydrogens is 489 g/mol. The fourth-order valence-electron chi connectivity index (χ4n) is 3.93. The van der Waals surface area contributed by atoms with Gasteiger partial charge in [0, 0.05) is 44.5 Å². The zero-order valence-corrected chi connectivity index (χ0v) is 23.5. The fraction of sp³-hybridized carbons (Fsp3) is 0.242. The van der Waals surface area contributed by atoms with Gasteiger partial charge in [-0.1, -0.05) is 63.1 Å². The lowest BCUT2D eigenvalue weighted by Gasteiger charge is -2.24. The van der Waals surface area contributed by atoms with E-state index in [9.17, 15) is 0 Å². The zero-order chi connectivity index (χ0) is 25.7. The van der Waals surface area contributed by atoms with Crippen LogP contribution in [0.1, 0.15) is 64.6 Å². The van der Waals surface area contributed by atoms with Crippen LogP contribution in [0.15, 0.2) is 83.9 Å². The first-order valence-electron chi connectivity index (χ1n) is 13.2. The number of thiophene rings is 2. The molecule has 0 aliphatic heterocycles. The summed E-state index contributed by atoms with van der Waals surface area (Å²) in [6.45, 7) is 6.81. The van der Waals surface area contributed by atoms with E-state index in [1.165, 1.54) is 51.6 Å². The van der Waals surface area contributed by atoms with Gasteiger partial charge in [-0.3, -0.25) is 4.99 Å². The van der Waals surface area contributed by atoms with E-state index in [4.69, 9.17) is 0 Å². The van der Waals surface area contributed by atoms with Crippen molar-refractivity contribution in [3.8, 4) is 0 Å². The molecule has 2 nitrogen and oxygen atoms in total. The molecule has 2 aromatic heterocycles. The number of unbranched alkanes of at least 4 members (excludes halogenated alkanes) is 2. The van der Waals surface area contributed by atoms with Crippen LogP contribution < -0.4 is 4.90 Å². The Hall–Kier alpha value is -3.21. The van der Waals surface area contributed by atoms with E-state index in [0.29, 0.717) is 0 Å². The molecule has 4 rings (SSSR count). The van der Waals surface area contributed by atoms with Crippen molar-refractivity contribution < 1.29 is 0 Å². The minimum Gasteiger partial charge on any atom is -0.372 e. The Labute approximate surface area is 230 Å². The number of benzene rings is 2. The molecule has 0 atom stereocenters. The quantitative estimate of drug-likeness (QED) is 0.159. The highest BCUT2D eigenvalue weighted by Crippen LogP contribution is 2.24. The van der Waals surface area contributed by atoms with Crippen LogP contribution in [0.4, 0.5) is 11.4 Å². The van der Waals surface area contributed by atoms with Crippen LogP contribution in [0.25, 0.3) is 24.3 Å². The predicted octanol–water partition coefficient (Wildman–Crippen LogP) is 10.3. The third-order valence-corrected chi connectivity index (χ3v) is 8.07. The van der Waals surface area contributed by atoms with E-state index < -0.39 is 0 Å². The number of hydrogen-bond donors (Lipinski definition) is 0. The molecule has 190 valence electrons. The lowest BCUT2D eigenvalue weighted by atomic mass is 10.1. The second-order valence-corrected chi connectivity index (χ2v) is 11.3. The van der Waals surface area contributed by atoms with Crippen LogP contribution in [0.5, 0.6) is 0 Å². The third-order valence-electron chi connectivity index (χ3n) is 6.07. The maximum atomic E-state index is 4.55. The second-order valence-electron chi connectivity index (χ2n) is 9.03. The molecule has 0 amide bonds. The van der Waals surface area contributed by atoms with Gasteiger partial charge in [-0.25, -0.2) is 0 Å². The van der Waals surface area contributed by atoms with E-state index in [1.807, 2.05) is 47.9 Å². The SMILES string of the molecule is CCCCN(CCCC)c1ccc(C=Cc2ccc(C=Cc3ccc(C=Nc4ccccc4)s3)s2)cc1. The van der Waals surface area contributed by atoms with Crippen molar-refractivity contribution in [3.63, 3.8) is 0 Å². The molecule has 0 unspecified atom stereocenters. The van der Waals surface area contributed by atoms with E-state index in [0.717, 1.165) is 23.7 Å². The molecule has 0 radical (unpaired) electrons. The maximum Gasteiger partial charge on any atom is 0.0630 e. The number of rotatable bonds is 13. The lowest BCUT2D eigenvalue weighted by molar-refractivity contribution is 0.678. The summed E-state index contributed by atoms with van der Waals surface area (Å²) in [4.78, 5) is 12.0. The molecule has 0 fully saturated rings. The Morgan fingerprint density at radius 1 is 0.622 bits per heavy atom. The number of para-hydroxylation sites is 1. The van der Waals surface area contributed by atoms with Gasteiger partial charge in [-0.15, -0.1) is 22.7 Å². The molecule has 0 spiro atoms. The van der Waals surface area contributed by atoms with Crippen molar-refractivity contribution in [3.05, 3.63) is 104 Å². The van der Waals surface area contributed by atoms with Gasteiger partial charge in [-0.2, -0.15) is 0 Å². The monoisotopic (exact) mass is 524 g/mol. The van der Waals surface area contributed by atoms with Crippen molar-refractivity contribution in [1.82, 2.24) is 0 Å². The van der Waals surface area contributed by atoms with Gasteiger partial charge in [0.1, 0.15) is 0 Å². The molecule has 4 heteroatoms. The summed E-state index contributed by atoms with van der Waals surface area (Å²) in [5, 5.41) is 0. The fourth-order valence-corrected chi connectivity index (χ4v) is 5.54. The standard InChI is InChI=1S/C33H36N2S2/c1-3-5-24-35(25-6-4-2)29-15-12-27(13-16-29)14-17-30-18-19-31(36-30)20-21-32-22-23-33(37-32)26-34-28-10-8-7-9-11-28/h7-23,26H,3-6,24-25H2,1-2H3. The van der Waals surface area contributed by atoms with Crippen LogP contribution in [-0.4, -0.2) is 19.3 Å². The molecule has 0 aliphatic rings. The Morgan fingerprint density at radius 2 is 1.16 bits per heavy atom. The molecule has 0 aliphatic carbocycles. The van der Waals surface area contributed by atoms with Crippen molar-refractivity contribution in [2.45, 2.75) is 39.5 Å². The topological polar surface area (TPSA) is 15.6 Å². The third kappa shape index (κ3) is 8.70. The Morgan fingerprint density at radius 3 is 1.76 bits per heavy atom. The van der Waals surface area contributed by atoms with E-state index in [2.05, 4.69) is 96.6 Å². The Bertz CT molecular complexity index is 1290. The summed E-state index contributed by atoms with van der Waals surface area (Å²) >= 11 is 3.56. The summed E-state index contributed by atoms with van der Waals surface area (Å²) in [5.74, 6) is 0. The van der Waals surface area contributed by atoms with Crippen LogP contribution in [0, 0.1) is 0 Å². The Balaban J connectivity index is 1.33. The lowest BCUT2D eigenvalue weighted by Crippen LogP contribution is -2.25. The van der Waals surface area contributed by atoms with Crippen molar-refractivity contribution >= 4 is 64.6 Å². The van der Waals surface area contributed by atoms with Crippen LogP contribution >= 0.6 is 22.7 Å². The van der Waals surface area contributed by atoms with Gasteiger partial charge in [0.15, 0.2) is 0 Å². The second kappa shape index (κ2) is 14.5. The summed E-state index contributed by atoms with van der Waals surface area (Å²) < 4.78 is 0. The largest absolute Gasteiger partial charge is 0.372 e. The first kappa shape index (κ1) is 26.8. The average molecular weight is 525 g/mol. The van der Waals surface area contributed by atoms with Crippen LogP contribution in [0.3, 0.4) is 0 Å². The Kier molecular flexibility index (Phi) is 10.5.